The predicted octanol–water partition coefficient (Wildman–Crippen LogP) is 1.60. The number of pyridine rings is 1. The number of fused-ring (bicyclic) bond motifs is 1. The first kappa shape index (κ1) is 19.6. The summed E-state index contributed by atoms with van der Waals surface area (Å²) in [4.78, 5) is 38.0. The van der Waals surface area contributed by atoms with E-state index in [1.54, 1.807) is 0 Å². The molecule has 0 aliphatic heterocycles. The molecule has 27 heavy (non-hydrogen) atoms. The number of nitrogens with zero attached hydrogens (tertiary/aromatic N) is 1. The van der Waals surface area contributed by atoms with Gasteiger partial charge in [-0.05, 0) is 23.8 Å². The third kappa shape index (κ3) is 4.89. The number of nitrogens with one attached hydrogen (secondary N) is 1. The fraction of sp³-hybridized carbons (Fsp3) is 0.111. The van der Waals surface area contributed by atoms with Gasteiger partial charge < -0.3 is 26.0 Å². The first-order valence-electron chi connectivity index (χ1n) is 7.76. The summed E-state index contributed by atoms with van der Waals surface area (Å²) in [6, 6.07) is 9.48. The van der Waals surface area contributed by atoms with Crippen molar-refractivity contribution in [3.05, 3.63) is 65.6 Å². The number of H-pyrrole nitrogens is 1. The Morgan fingerprint density at radius 2 is 1.74 bits per heavy atom. The summed E-state index contributed by atoms with van der Waals surface area (Å²) < 4.78 is 0. The summed E-state index contributed by atoms with van der Waals surface area (Å²) in [5.74, 6) is -3.60. The molecule has 6 N–H and O–H groups in total. The smallest absolute Gasteiger partial charge is 0.355 e. The highest BCUT2D eigenvalue weighted by molar-refractivity contribution is 6.00. The molecule has 9 nitrogen and oxygen atoms in total. The molecule has 1 aromatic carbocycles. The fourth-order valence-corrected chi connectivity index (χ4v) is 2.37. The van der Waals surface area contributed by atoms with Gasteiger partial charge in [0, 0.05) is 29.7 Å². The normalized spacial score (nSPS) is 11.3. The van der Waals surface area contributed by atoms with Gasteiger partial charge in [-0.2, -0.15) is 0 Å². The molecule has 3 rings (SSSR count). The number of carbonyl (C=O) groups is 3. The van der Waals surface area contributed by atoms with Gasteiger partial charge in [-0.3, -0.25) is 4.79 Å². The zero-order chi connectivity index (χ0) is 20.0. The number of hydrogen-bond donors (Lipinski definition) is 5. The Hall–Kier alpha value is -3.72. The number of carboxylic acid groups (broad SMARTS) is 3. The molecule has 0 fully saturated rings. The molecular weight excluding hydrogens is 354 g/mol. The standard InChI is InChI=1S/C11H12N2O2.C7H5NO4/c12-9(11(14)15)5-7-6-13-10-4-2-1-3-8(7)10;9-6(10)4-2-1-3-8-5(4)7(11)12/h1-4,6,9,13H,5,12H2,(H,14,15);1-3H,(H,9,10)(H,11,12)/t9-;/m0./s1. The average Bonchev–Trinajstić information content (AvgIpc) is 3.05. The van der Waals surface area contributed by atoms with E-state index in [1.165, 1.54) is 18.3 Å². The molecule has 2 heterocycles. The third-order valence-corrected chi connectivity index (χ3v) is 3.67. The molecule has 0 radical (unpaired) electrons. The van der Waals surface area contributed by atoms with Crippen LogP contribution in [-0.2, 0) is 11.2 Å². The van der Waals surface area contributed by atoms with Crippen LogP contribution in [0, 0.1) is 0 Å². The van der Waals surface area contributed by atoms with Gasteiger partial charge in [-0.25, -0.2) is 14.6 Å². The van der Waals surface area contributed by atoms with E-state index < -0.39 is 29.6 Å². The van der Waals surface area contributed by atoms with Crippen LogP contribution in [0.4, 0.5) is 0 Å². The van der Waals surface area contributed by atoms with E-state index in [4.69, 9.17) is 21.1 Å². The van der Waals surface area contributed by atoms with E-state index in [0.29, 0.717) is 6.42 Å². The van der Waals surface area contributed by atoms with E-state index >= 15 is 0 Å². The number of rotatable bonds is 5. The van der Waals surface area contributed by atoms with Gasteiger partial charge in [0.05, 0.1) is 5.56 Å². The van der Waals surface area contributed by atoms with Gasteiger partial charge >= 0.3 is 17.9 Å². The Balaban J connectivity index is 0.000000199. The second kappa shape index (κ2) is 8.59. The van der Waals surface area contributed by atoms with Crippen LogP contribution in [0.2, 0.25) is 0 Å². The summed E-state index contributed by atoms with van der Waals surface area (Å²) in [7, 11) is 0. The molecule has 0 saturated carbocycles. The number of nitrogens with two attached hydrogens (primary N) is 1. The SMILES string of the molecule is N[C@@H](Cc1c[nH]c2ccccc12)C(=O)O.O=C(O)c1cccnc1C(=O)O. The van der Waals surface area contributed by atoms with Crippen molar-refractivity contribution in [2.45, 2.75) is 12.5 Å². The molecule has 0 spiro atoms. The maximum atomic E-state index is 10.6. The van der Waals surface area contributed by atoms with Crippen LogP contribution in [0.15, 0.2) is 48.8 Å². The van der Waals surface area contributed by atoms with Crippen LogP contribution in [0.25, 0.3) is 10.9 Å². The molecule has 9 heteroatoms. The van der Waals surface area contributed by atoms with Crippen LogP contribution in [-0.4, -0.2) is 49.2 Å². The topological polar surface area (TPSA) is 167 Å². The Labute approximate surface area is 153 Å². The summed E-state index contributed by atoms with van der Waals surface area (Å²) in [5.41, 5.74) is 6.69. The summed E-state index contributed by atoms with van der Waals surface area (Å²) >= 11 is 0. The number of benzene rings is 1. The van der Waals surface area contributed by atoms with Gasteiger partial charge in [0.15, 0.2) is 5.69 Å². The molecular formula is C18H17N3O6. The van der Waals surface area contributed by atoms with Gasteiger partial charge in [0.2, 0.25) is 0 Å². The van der Waals surface area contributed by atoms with Crippen molar-refractivity contribution in [3.8, 4) is 0 Å². The van der Waals surface area contributed by atoms with E-state index in [1.807, 2.05) is 30.5 Å². The van der Waals surface area contributed by atoms with Crippen LogP contribution >= 0.6 is 0 Å². The second-order valence-electron chi connectivity index (χ2n) is 5.52. The maximum Gasteiger partial charge on any atom is 0.355 e. The number of hydrogen-bond acceptors (Lipinski definition) is 5. The maximum absolute atomic E-state index is 10.6. The van der Waals surface area contributed by atoms with E-state index in [0.717, 1.165) is 16.5 Å². The Morgan fingerprint density at radius 3 is 2.33 bits per heavy atom. The highest BCUT2D eigenvalue weighted by Crippen LogP contribution is 2.18. The largest absolute Gasteiger partial charge is 0.480 e. The average molecular weight is 371 g/mol. The van der Waals surface area contributed by atoms with Crippen molar-refractivity contribution in [2.24, 2.45) is 5.73 Å². The number of aromatic nitrogens is 2. The minimum atomic E-state index is -1.34. The molecule has 2 aromatic heterocycles. The predicted molar refractivity (Wildman–Crippen MR) is 95.8 cm³/mol. The van der Waals surface area contributed by atoms with Gasteiger partial charge in [0.25, 0.3) is 0 Å². The molecule has 0 saturated heterocycles. The summed E-state index contributed by atoms with van der Waals surface area (Å²) in [6.45, 7) is 0. The number of aromatic amines is 1. The van der Waals surface area contributed by atoms with E-state index in [9.17, 15) is 14.4 Å². The zero-order valence-electron chi connectivity index (χ0n) is 14.0. The number of aliphatic carboxylic acids is 1. The quantitative estimate of drug-likeness (QED) is 0.451. The van der Waals surface area contributed by atoms with Crippen LogP contribution in [0.1, 0.15) is 26.4 Å². The first-order valence-corrected chi connectivity index (χ1v) is 7.76. The van der Waals surface area contributed by atoms with Crippen molar-refractivity contribution in [2.75, 3.05) is 0 Å². The van der Waals surface area contributed by atoms with E-state index in [2.05, 4.69) is 9.97 Å². The highest BCUT2D eigenvalue weighted by atomic mass is 16.4. The van der Waals surface area contributed by atoms with E-state index in [-0.39, 0.29) is 5.56 Å². The van der Waals surface area contributed by atoms with Gasteiger partial charge in [-0.15, -0.1) is 0 Å². The Kier molecular flexibility index (Phi) is 6.23. The van der Waals surface area contributed by atoms with Crippen LogP contribution in [0.3, 0.4) is 0 Å². The van der Waals surface area contributed by atoms with Crippen molar-refractivity contribution < 1.29 is 29.7 Å². The van der Waals surface area contributed by atoms with Crippen molar-refractivity contribution in [1.29, 1.82) is 0 Å². The molecule has 0 amide bonds. The highest BCUT2D eigenvalue weighted by Gasteiger charge is 2.16. The minimum Gasteiger partial charge on any atom is -0.480 e. The Bertz CT molecular complexity index is 949. The first-order chi connectivity index (χ1) is 12.8. The number of aromatic carboxylic acids is 2. The van der Waals surface area contributed by atoms with Gasteiger partial charge in [0.1, 0.15) is 6.04 Å². The minimum absolute atomic E-state index is 0.301. The number of para-hydroxylation sites is 1. The molecule has 0 aliphatic carbocycles. The third-order valence-electron chi connectivity index (χ3n) is 3.67. The lowest BCUT2D eigenvalue weighted by Crippen LogP contribution is -2.32. The molecule has 0 unspecified atom stereocenters. The molecule has 0 aliphatic rings. The zero-order valence-corrected chi connectivity index (χ0v) is 14.0. The second-order valence-corrected chi connectivity index (χ2v) is 5.52. The molecule has 1 atom stereocenters. The van der Waals surface area contributed by atoms with Gasteiger partial charge in [-0.1, -0.05) is 18.2 Å². The lowest BCUT2D eigenvalue weighted by atomic mass is 10.1. The summed E-state index contributed by atoms with van der Waals surface area (Å²) in [6.07, 6.45) is 3.39. The molecule has 3 aromatic rings. The van der Waals surface area contributed by atoms with Crippen molar-refractivity contribution in [3.63, 3.8) is 0 Å². The van der Waals surface area contributed by atoms with Crippen LogP contribution in [0.5, 0.6) is 0 Å². The summed E-state index contributed by atoms with van der Waals surface area (Å²) in [5, 5.41) is 26.8. The van der Waals surface area contributed by atoms with Crippen LogP contribution < -0.4 is 5.73 Å². The fourth-order valence-electron chi connectivity index (χ4n) is 2.37. The number of carboxylic acids is 3. The van der Waals surface area contributed by atoms with Crippen molar-refractivity contribution in [1.82, 2.24) is 9.97 Å². The van der Waals surface area contributed by atoms with Crippen molar-refractivity contribution >= 4 is 28.8 Å². The Morgan fingerprint density at radius 1 is 1.04 bits per heavy atom. The monoisotopic (exact) mass is 371 g/mol. The molecule has 0 bridgehead atoms. The lowest BCUT2D eigenvalue weighted by Gasteiger charge is -2.04. The molecule has 140 valence electrons. The lowest BCUT2D eigenvalue weighted by molar-refractivity contribution is -0.138.